The molecule has 10 heteroatoms. The molecule has 0 amide bonds. The van der Waals surface area contributed by atoms with Gasteiger partial charge in [0.25, 0.3) is 0 Å². The van der Waals surface area contributed by atoms with Gasteiger partial charge in [0, 0.05) is 43.9 Å². The highest BCUT2D eigenvalue weighted by Gasteiger charge is 2.27. The molecule has 0 radical (unpaired) electrons. The molecule has 1 aromatic carbocycles. The van der Waals surface area contributed by atoms with Crippen LogP contribution in [0.1, 0.15) is 24.6 Å². The Morgan fingerprint density at radius 1 is 1.07 bits per heavy atom. The summed E-state index contributed by atoms with van der Waals surface area (Å²) < 4.78 is 29.0. The van der Waals surface area contributed by atoms with E-state index in [1.54, 1.807) is 0 Å². The fourth-order valence-electron chi connectivity index (χ4n) is 3.87. The van der Waals surface area contributed by atoms with Crippen molar-refractivity contribution in [2.75, 3.05) is 36.0 Å². The first-order chi connectivity index (χ1) is 14.5. The van der Waals surface area contributed by atoms with E-state index in [0.29, 0.717) is 35.9 Å². The average molecular weight is 414 g/mol. The van der Waals surface area contributed by atoms with Gasteiger partial charge in [0.05, 0.1) is 5.69 Å². The van der Waals surface area contributed by atoms with Gasteiger partial charge in [0.2, 0.25) is 0 Å². The molecule has 8 nitrogen and oxygen atoms in total. The lowest BCUT2D eigenvalue weighted by molar-refractivity contribution is 0.464. The fraction of sp³-hybridized carbons (Fsp3) is 0.350. The molecule has 0 bridgehead atoms. The van der Waals surface area contributed by atoms with Gasteiger partial charge in [-0.1, -0.05) is 0 Å². The van der Waals surface area contributed by atoms with Crippen LogP contribution in [-0.4, -0.2) is 39.2 Å². The summed E-state index contributed by atoms with van der Waals surface area (Å²) in [4.78, 5) is 15.0. The van der Waals surface area contributed by atoms with Crippen LogP contribution in [0.5, 0.6) is 0 Å². The van der Waals surface area contributed by atoms with E-state index in [-0.39, 0.29) is 11.7 Å². The largest absolute Gasteiger partial charge is 0.393 e. The summed E-state index contributed by atoms with van der Waals surface area (Å²) in [6.45, 7) is 2.53. The zero-order chi connectivity index (χ0) is 21.3. The Morgan fingerprint density at radius 2 is 1.83 bits per heavy atom. The van der Waals surface area contributed by atoms with Crippen LogP contribution in [0.25, 0.3) is 11.3 Å². The van der Waals surface area contributed by atoms with Crippen molar-refractivity contribution in [3.8, 4) is 11.3 Å². The first kappa shape index (κ1) is 20.0. The van der Waals surface area contributed by atoms with Crippen molar-refractivity contribution in [2.45, 2.75) is 25.3 Å². The summed E-state index contributed by atoms with van der Waals surface area (Å²) in [5.41, 5.74) is 19.1. The maximum Gasteiger partial charge on any atom is 0.159 e. The van der Waals surface area contributed by atoms with Crippen LogP contribution in [0.3, 0.4) is 0 Å². The van der Waals surface area contributed by atoms with E-state index in [2.05, 4.69) is 14.9 Å². The van der Waals surface area contributed by atoms with Crippen molar-refractivity contribution in [1.29, 1.82) is 0 Å². The molecule has 3 aromatic rings. The number of rotatable bonds is 5. The molecule has 1 saturated heterocycles. The molecule has 1 aliphatic heterocycles. The van der Waals surface area contributed by atoms with E-state index < -0.39 is 11.6 Å². The van der Waals surface area contributed by atoms with Gasteiger partial charge in [-0.3, -0.25) is 0 Å². The number of hydrogen-bond acceptors (Lipinski definition) is 7. The lowest BCUT2D eigenvalue weighted by Gasteiger charge is -2.33. The lowest BCUT2D eigenvalue weighted by Crippen LogP contribution is -2.35. The van der Waals surface area contributed by atoms with Crippen LogP contribution in [-0.2, 0) is 6.54 Å². The third-order valence-corrected chi connectivity index (χ3v) is 5.45. The predicted molar refractivity (Wildman–Crippen MR) is 112 cm³/mol. The number of nitrogen functional groups attached to an aromatic ring is 2. The van der Waals surface area contributed by atoms with Crippen molar-refractivity contribution in [2.24, 2.45) is 5.73 Å². The average Bonchev–Trinajstić information content (AvgIpc) is 3.16. The van der Waals surface area contributed by atoms with E-state index >= 15 is 0 Å². The molecular weight excluding hydrogens is 390 g/mol. The number of halogens is 2. The zero-order valence-electron chi connectivity index (χ0n) is 16.4. The van der Waals surface area contributed by atoms with E-state index in [0.717, 1.165) is 37.8 Å². The fourth-order valence-corrected chi connectivity index (χ4v) is 3.87. The normalized spacial score (nSPS) is 15.0. The molecule has 1 fully saturated rings. The monoisotopic (exact) mass is 414 g/mol. The van der Waals surface area contributed by atoms with Gasteiger partial charge >= 0.3 is 0 Å². The lowest BCUT2D eigenvalue weighted by atomic mass is 9.95. The third-order valence-electron chi connectivity index (χ3n) is 5.45. The summed E-state index contributed by atoms with van der Waals surface area (Å²) in [5.74, 6) is 0.252. The minimum absolute atomic E-state index is 0.201. The van der Waals surface area contributed by atoms with Gasteiger partial charge in [-0.25, -0.2) is 23.7 Å². The summed E-state index contributed by atoms with van der Waals surface area (Å²) >= 11 is 0. The number of benzene rings is 1. The van der Waals surface area contributed by atoms with E-state index in [1.165, 1.54) is 18.5 Å². The molecule has 6 N–H and O–H groups in total. The Morgan fingerprint density at radius 3 is 2.53 bits per heavy atom. The quantitative estimate of drug-likeness (QED) is 0.584. The minimum atomic E-state index is -0.891. The molecule has 1 aliphatic rings. The van der Waals surface area contributed by atoms with Crippen molar-refractivity contribution >= 4 is 17.3 Å². The second-order valence-electron chi connectivity index (χ2n) is 7.35. The Kier molecular flexibility index (Phi) is 5.49. The topological polar surface area (TPSA) is 125 Å². The summed E-state index contributed by atoms with van der Waals surface area (Å²) in [7, 11) is 0. The van der Waals surface area contributed by atoms with Gasteiger partial charge in [-0.05, 0) is 31.0 Å². The number of piperidine rings is 1. The highest BCUT2D eigenvalue weighted by atomic mass is 19.2. The summed E-state index contributed by atoms with van der Waals surface area (Å²) in [5, 5.41) is 0. The molecule has 30 heavy (non-hydrogen) atoms. The molecule has 0 saturated carbocycles. The molecule has 0 unspecified atom stereocenters. The standard InChI is InChI=1S/C20H24F2N8/c21-14-2-1-13(9-15(14)22)16-10-30(8-5-23)19(28-16)12-3-6-29(7-4-12)20-17(24)18(25)26-11-27-20/h1-2,9-12H,3-8,23-24H2,(H2,25,26,27). The van der Waals surface area contributed by atoms with Gasteiger partial charge < -0.3 is 26.7 Å². The maximum atomic E-state index is 13.7. The van der Waals surface area contributed by atoms with E-state index in [9.17, 15) is 8.78 Å². The van der Waals surface area contributed by atoms with Crippen molar-refractivity contribution < 1.29 is 8.78 Å². The molecule has 0 aliphatic carbocycles. The molecule has 4 rings (SSSR count). The predicted octanol–water partition coefficient (Wildman–Crippen LogP) is 2.13. The van der Waals surface area contributed by atoms with Crippen LogP contribution in [0.4, 0.5) is 26.1 Å². The SMILES string of the molecule is NCCn1cc(-c2ccc(F)c(F)c2)nc1C1CCN(c2ncnc(N)c2N)CC1. The van der Waals surface area contributed by atoms with Gasteiger partial charge in [0.1, 0.15) is 17.8 Å². The molecule has 0 spiro atoms. The molecular formula is C20H24F2N8. The summed E-state index contributed by atoms with van der Waals surface area (Å²) in [6, 6.07) is 3.81. The Labute approximate surface area is 172 Å². The minimum Gasteiger partial charge on any atom is -0.393 e. The molecule has 3 heterocycles. The first-order valence-corrected chi connectivity index (χ1v) is 9.81. The summed E-state index contributed by atoms with van der Waals surface area (Å²) in [6.07, 6.45) is 4.93. The second kappa shape index (κ2) is 8.23. The Balaban J connectivity index is 1.56. The molecule has 0 atom stereocenters. The number of nitrogens with two attached hydrogens (primary N) is 3. The second-order valence-corrected chi connectivity index (χ2v) is 7.35. The van der Waals surface area contributed by atoms with E-state index in [1.807, 2.05) is 10.8 Å². The zero-order valence-corrected chi connectivity index (χ0v) is 16.4. The number of hydrogen-bond donors (Lipinski definition) is 3. The van der Waals surface area contributed by atoms with E-state index in [4.69, 9.17) is 22.2 Å². The first-order valence-electron chi connectivity index (χ1n) is 9.81. The van der Waals surface area contributed by atoms with Crippen LogP contribution in [0.2, 0.25) is 0 Å². The molecule has 2 aromatic heterocycles. The van der Waals surface area contributed by atoms with Gasteiger partial charge in [-0.2, -0.15) is 0 Å². The van der Waals surface area contributed by atoms with Crippen molar-refractivity contribution in [3.63, 3.8) is 0 Å². The van der Waals surface area contributed by atoms with Gasteiger partial charge in [0.15, 0.2) is 23.3 Å². The maximum absolute atomic E-state index is 13.7. The van der Waals surface area contributed by atoms with Crippen molar-refractivity contribution in [3.05, 3.63) is 48.2 Å². The van der Waals surface area contributed by atoms with Crippen LogP contribution in [0, 0.1) is 11.6 Å². The Bertz CT molecular complexity index is 1040. The number of imidazole rings is 1. The third kappa shape index (κ3) is 3.78. The van der Waals surface area contributed by atoms with Gasteiger partial charge in [-0.15, -0.1) is 0 Å². The van der Waals surface area contributed by atoms with Crippen LogP contribution >= 0.6 is 0 Å². The smallest absolute Gasteiger partial charge is 0.159 e. The number of anilines is 3. The van der Waals surface area contributed by atoms with Crippen LogP contribution < -0.4 is 22.1 Å². The molecule has 158 valence electrons. The Hall–Kier alpha value is -3.27. The highest BCUT2D eigenvalue weighted by Crippen LogP contribution is 2.33. The highest BCUT2D eigenvalue weighted by molar-refractivity contribution is 5.73. The number of aromatic nitrogens is 4. The number of nitrogens with zero attached hydrogens (tertiary/aromatic N) is 5. The van der Waals surface area contributed by atoms with Crippen molar-refractivity contribution in [1.82, 2.24) is 19.5 Å². The van der Waals surface area contributed by atoms with Crippen LogP contribution in [0.15, 0.2) is 30.7 Å².